The molecule has 16 heavy (non-hydrogen) atoms. The molecule has 0 atom stereocenters. The molecule has 0 saturated carbocycles. The summed E-state index contributed by atoms with van der Waals surface area (Å²) < 4.78 is 9.38. The predicted molar refractivity (Wildman–Crippen MR) is 58.3 cm³/mol. The van der Waals surface area contributed by atoms with Gasteiger partial charge in [-0.05, 0) is 12.1 Å². The number of rotatable bonds is 2. The minimum atomic E-state index is -0.490. The lowest BCUT2D eigenvalue weighted by Crippen LogP contribution is -2.01. The van der Waals surface area contributed by atoms with Gasteiger partial charge in [-0.1, -0.05) is 28.9 Å². The van der Waals surface area contributed by atoms with Gasteiger partial charge in [-0.25, -0.2) is 4.79 Å². The summed E-state index contributed by atoms with van der Waals surface area (Å²) >= 11 is 5.85. The zero-order valence-corrected chi connectivity index (χ0v) is 9.19. The Labute approximate surface area is 96.8 Å². The molecule has 0 fully saturated rings. The molecule has 1 aromatic heterocycles. The molecule has 0 aliphatic rings. The second-order valence-electron chi connectivity index (χ2n) is 3.08. The highest BCUT2D eigenvalue weighted by Gasteiger charge is 2.17. The van der Waals surface area contributed by atoms with E-state index in [9.17, 15) is 4.79 Å². The number of benzene rings is 1. The van der Waals surface area contributed by atoms with Crippen molar-refractivity contribution in [2.45, 2.75) is 0 Å². The van der Waals surface area contributed by atoms with Gasteiger partial charge < -0.3 is 9.26 Å². The van der Waals surface area contributed by atoms with Crippen LogP contribution in [-0.4, -0.2) is 18.2 Å². The summed E-state index contributed by atoms with van der Waals surface area (Å²) in [7, 11) is 1.30. The fourth-order valence-electron chi connectivity index (χ4n) is 1.34. The molecular formula is C11H8ClNO3. The third-order valence-corrected chi connectivity index (χ3v) is 2.31. The highest BCUT2D eigenvalue weighted by molar-refractivity contribution is 6.30. The molecule has 0 spiro atoms. The van der Waals surface area contributed by atoms with Crippen molar-refractivity contribution in [1.82, 2.24) is 5.16 Å². The Hall–Kier alpha value is -1.81. The predicted octanol–water partition coefficient (Wildman–Crippen LogP) is 2.78. The van der Waals surface area contributed by atoms with Crippen molar-refractivity contribution in [2.24, 2.45) is 0 Å². The molecule has 5 heteroatoms. The van der Waals surface area contributed by atoms with Crippen LogP contribution in [0.2, 0.25) is 5.02 Å². The normalized spacial score (nSPS) is 10.1. The van der Waals surface area contributed by atoms with Gasteiger partial charge in [-0.15, -0.1) is 0 Å². The fourth-order valence-corrected chi connectivity index (χ4v) is 1.53. The van der Waals surface area contributed by atoms with Crippen molar-refractivity contribution in [3.05, 3.63) is 41.1 Å². The molecular weight excluding hydrogens is 230 g/mol. The van der Waals surface area contributed by atoms with Crippen molar-refractivity contribution in [3.8, 4) is 11.3 Å². The number of hydrogen-bond donors (Lipinski definition) is 0. The zero-order chi connectivity index (χ0) is 11.5. The fraction of sp³-hybridized carbons (Fsp3) is 0.0909. The average Bonchev–Trinajstić information content (AvgIpc) is 2.77. The van der Waals surface area contributed by atoms with Crippen LogP contribution in [0.25, 0.3) is 11.3 Å². The molecule has 0 aliphatic carbocycles. The van der Waals surface area contributed by atoms with E-state index in [1.165, 1.54) is 13.4 Å². The van der Waals surface area contributed by atoms with Crippen LogP contribution >= 0.6 is 11.6 Å². The van der Waals surface area contributed by atoms with Gasteiger partial charge in [0, 0.05) is 10.6 Å². The second kappa shape index (κ2) is 4.37. The first kappa shape index (κ1) is 10.7. The number of nitrogens with zero attached hydrogens (tertiary/aromatic N) is 1. The van der Waals surface area contributed by atoms with Crippen LogP contribution < -0.4 is 0 Å². The van der Waals surface area contributed by atoms with E-state index >= 15 is 0 Å². The maximum atomic E-state index is 11.4. The molecule has 82 valence electrons. The number of esters is 1. The minimum absolute atomic E-state index is 0.282. The topological polar surface area (TPSA) is 52.3 Å². The molecule has 0 aliphatic heterocycles. The molecule has 1 heterocycles. The van der Waals surface area contributed by atoms with E-state index in [2.05, 4.69) is 9.89 Å². The third kappa shape index (κ3) is 1.92. The van der Waals surface area contributed by atoms with E-state index in [0.717, 1.165) is 0 Å². The van der Waals surface area contributed by atoms with Gasteiger partial charge in [-0.2, -0.15) is 0 Å². The van der Waals surface area contributed by atoms with Crippen LogP contribution in [0.5, 0.6) is 0 Å². The maximum absolute atomic E-state index is 11.4. The van der Waals surface area contributed by atoms with Crippen molar-refractivity contribution >= 4 is 17.6 Å². The number of halogens is 1. The van der Waals surface area contributed by atoms with Crippen molar-refractivity contribution in [3.63, 3.8) is 0 Å². The Kier molecular flexibility index (Phi) is 2.92. The number of ether oxygens (including phenoxy) is 1. The Morgan fingerprint density at radius 2 is 2.31 bits per heavy atom. The first-order valence-electron chi connectivity index (χ1n) is 4.51. The molecule has 2 rings (SSSR count). The van der Waals surface area contributed by atoms with Gasteiger partial charge >= 0.3 is 5.97 Å². The third-order valence-electron chi connectivity index (χ3n) is 2.07. The number of hydrogen-bond acceptors (Lipinski definition) is 4. The summed E-state index contributed by atoms with van der Waals surface area (Å²) in [5, 5.41) is 4.33. The quantitative estimate of drug-likeness (QED) is 0.754. The number of methoxy groups -OCH3 is 1. The van der Waals surface area contributed by atoms with Gasteiger partial charge in [0.1, 0.15) is 17.5 Å². The molecule has 0 bridgehead atoms. The summed E-state index contributed by atoms with van der Waals surface area (Å²) in [6.07, 6.45) is 1.25. The molecule has 1 aromatic carbocycles. The molecule has 0 amide bonds. The van der Waals surface area contributed by atoms with Gasteiger partial charge in [0.25, 0.3) is 0 Å². The van der Waals surface area contributed by atoms with Crippen LogP contribution in [0.1, 0.15) is 10.4 Å². The van der Waals surface area contributed by atoms with Crippen LogP contribution in [0.3, 0.4) is 0 Å². The first-order chi connectivity index (χ1) is 7.72. The molecule has 2 aromatic rings. The smallest absolute Gasteiger partial charge is 0.343 e. The number of carbonyl (C=O) groups is 1. The average molecular weight is 238 g/mol. The summed E-state index contributed by atoms with van der Waals surface area (Å²) in [5.74, 6) is -0.490. The molecule has 0 saturated heterocycles. The molecule has 0 radical (unpaired) electrons. The lowest BCUT2D eigenvalue weighted by Gasteiger charge is -1.99. The van der Waals surface area contributed by atoms with E-state index in [0.29, 0.717) is 16.3 Å². The van der Waals surface area contributed by atoms with E-state index in [1.807, 2.05) is 0 Å². The Bertz CT molecular complexity index is 521. The van der Waals surface area contributed by atoms with Crippen molar-refractivity contribution in [1.29, 1.82) is 0 Å². The molecule has 0 N–H and O–H groups in total. The monoisotopic (exact) mass is 237 g/mol. The maximum Gasteiger partial charge on any atom is 0.343 e. The summed E-state index contributed by atoms with van der Waals surface area (Å²) in [4.78, 5) is 11.4. The van der Waals surface area contributed by atoms with Crippen LogP contribution in [0.15, 0.2) is 35.1 Å². The van der Waals surface area contributed by atoms with E-state index in [1.54, 1.807) is 24.3 Å². The standard InChI is InChI=1S/C11H8ClNO3/c1-15-11(14)9-6-16-13-10(9)7-3-2-4-8(12)5-7/h2-6H,1H3. The van der Waals surface area contributed by atoms with Gasteiger partial charge in [0.15, 0.2) is 0 Å². The molecule has 4 nitrogen and oxygen atoms in total. The van der Waals surface area contributed by atoms with E-state index < -0.39 is 5.97 Å². The Morgan fingerprint density at radius 1 is 1.50 bits per heavy atom. The van der Waals surface area contributed by atoms with Crippen LogP contribution in [0, 0.1) is 0 Å². The van der Waals surface area contributed by atoms with Crippen molar-refractivity contribution in [2.75, 3.05) is 7.11 Å². The molecule has 0 unspecified atom stereocenters. The SMILES string of the molecule is COC(=O)c1conc1-c1cccc(Cl)c1. The van der Waals surface area contributed by atoms with Crippen LogP contribution in [0.4, 0.5) is 0 Å². The van der Waals surface area contributed by atoms with E-state index in [4.69, 9.17) is 16.1 Å². The summed E-state index contributed by atoms with van der Waals surface area (Å²) in [6.45, 7) is 0. The van der Waals surface area contributed by atoms with E-state index in [-0.39, 0.29) is 5.56 Å². The number of aromatic nitrogens is 1. The van der Waals surface area contributed by atoms with Gasteiger partial charge in [-0.3, -0.25) is 0 Å². The largest absolute Gasteiger partial charge is 0.465 e. The summed E-state index contributed by atoms with van der Waals surface area (Å²) in [5.41, 5.74) is 1.42. The highest BCUT2D eigenvalue weighted by atomic mass is 35.5. The van der Waals surface area contributed by atoms with Gasteiger partial charge in [0.05, 0.1) is 7.11 Å². The second-order valence-corrected chi connectivity index (χ2v) is 3.52. The Morgan fingerprint density at radius 3 is 3.00 bits per heavy atom. The van der Waals surface area contributed by atoms with Crippen molar-refractivity contribution < 1.29 is 14.1 Å². The number of carbonyl (C=O) groups excluding carboxylic acids is 1. The zero-order valence-electron chi connectivity index (χ0n) is 8.44. The summed E-state index contributed by atoms with van der Waals surface area (Å²) in [6, 6.07) is 7.00. The minimum Gasteiger partial charge on any atom is -0.465 e. The Balaban J connectivity index is 2.48. The van der Waals surface area contributed by atoms with Crippen LogP contribution in [-0.2, 0) is 4.74 Å². The lowest BCUT2D eigenvalue weighted by atomic mass is 10.1. The first-order valence-corrected chi connectivity index (χ1v) is 4.89. The highest BCUT2D eigenvalue weighted by Crippen LogP contribution is 2.25. The van der Waals surface area contributed by atoms with Gasteiger partial charge in [0.2, 0.25) is 0 Å². The lowest BCUT2D eigenvalue weighted by molar-refractivity contribution is 0.0600.